The van der Waals surface area contributed by atoms with Crippen molar-refractivity contribution in [3.8, 4) is 5.88 Å². The Kier molecular flexibility index (Phi) is 27.1. The summed E-state index contributed by atoms with van der Waals surface area (Å²) in [6.07, 6.45) is 12.9. The molecule has 2 saturated heterocycles. The molecular formula is C53H82N3O10PS. The predicted octanol–water partition coefficient (Wildman–Crippen LogP) is 11.9. The van der Waals surface area contributed by atoms with Crippen molar-refractivity contribution in [2.45, 2.75) is 169 Å². The van der Waals surface area contributed by atoms with Gasteiger partial charge in [0.15, 0.2) is 0 Å². The number of unbranched alkanes of at least 4 members (excludes halogenated alkanes) is 2. The summed E-state index contributed by atoms with van der Waals surface area (Å²) >= 11 is 5.32. The van der Waals surface area contributed by atoms with E-state index in [0.717, 1.165) is 81.3 Å². The van der Waals surface area contributed by atoms with Crippen LogP contribution < -0.4 is 4.52 Å². The van der Waals surface area contributed by atoms with E-state index >= 15 is 0 Å². The van der Waals surface area contributed by atoms with Gasteiger partial charge in [-0.15, -0.1) is 0 Å². The molecule has 0 aliphatic carbocycles. The summed E-state index contributed by atoms with van der Waals surface area (Å²) in [4.78, 5) is 48.6. The van der Waals surface area contributed by atoms with Crippen LogP contribution in [0.1, 0.15) is 182 Å². The Morgan fingerprint density at radius 3 is 1.72 bits per heavy atom. The molecule has 1 N–H and O–H groups in total. The van der Waals surface area contributed by atoms with Gasteiger partial charge in [-0.3, -0.25) is 13.8 Å². The molecule has 0 amide bonds. The van der Waals surface area contributed by atoms with Crippen molar-refractivity contribution in [1.82, 2.24) is 14.9 Å². The van der Waals surface area contributed by atoms with Crippen molar-refractivity contribution in [2.75, 3.05) is 40.1 Å². The van der Waals surface area contributed by atoms with Gasteiger partial charge in [0.1, 0.15) is 17.8 Å². The van der Waals surface area contributed by atoms with Gasteiger partial charge in [0, 0.05) is 41.6 Å². The number of carbonyl (C=O) groups excluding carboxylic acids is 3. The van der Waals surface area contributed by atoms with Crippen molar-refractivity contribution in [1.29, 1.82) is 0 Å². The Labute approximate surface area is 413 Å². The number of aliphatic hydroxyl groups excluding tert-OH is 1. The highest BCUT2D eigenvalue weighted by Crippen LogP contribution is 2.49. The summed E-state index contributed by atoms with van der Waals surface area (Å²) in [5, 5.41) is 9.53. The minimum absolute atomic E-state index is 0.00367. The number of aryl methyl sites for hydroxylation is 1. The first-order valence-electron chi connectivity index (χ1n) is 25.1. The van der Waals surface area contributed by atoms with E-state index in [9.17, 15) is 19.5 Å². The van der Waals surface area contributed by atoms with Crippen LogP contribution in [-0.4, -0.2) is 96.2 Å². The molecule has 0 radical (unpaired) electrons. The third-order valence-corrected chi connectivity index (χ3v) is 14.9. The molecule has 0 saturated carbocycles. The maximum atomic E-state index is 12.6. The number of hydrogen-bond acceptors (Lipinski definition) is 14. The number of aromatic nitrogens is 2. The molecule has 2 aromatic carbocycles. The molecule has 2 fully saturated rings. The maximum Gasteiger partial charge on any atom is 0.381 e. The molecule has 3 aromatic rings. The third kappa shape index (κ3) is 19.5. The van der Waals surface area contributed by atoms with Crippen LogP contribution in [0.3, 0.4) is 0 Å². The van der Waals surface area contributed by atoms with E-state index in [0.29, 0.717) is 67.4 Å². The van der Waals surface area contributed by atoms with Crippen LogP contribution in [-0.2, 0) is 39.9 Å². The fourth-order valence-electron chi connectivity index (χ4n) is 8.27. The topological polar surface area (TPSA) is 156 Å². The molecule has 68 heavy (non-hydrogen) atoms. The first kappa shape index (κ1) is 58.5. The maximum absolute atomic E-state index is 12.6. The van der Waals surface area contributed by atoms with E-state index in [2.05, 4.69) is 49.6 Å². The quantitative estimate of drug-likeness (QED) is 0.0486. The molecule has 5 rings (SSSR count). The van der Waals surface area contributed by atoms with Gasteiger partial charge in [-0.05, 0) is 95.9 Å². The second-order valence-corrected chi connectivity index (χ2v) is 21.0. The van der Waals surface area contributed by atoms with E-state index in [-0.39, 0.29) is 24.6 Å². The number of nitrogens with zero attached hydrogens (tertiary/aromatic N) is 3. The highest BCUT2D eigenvalue weighted by molar-refractivity contribution is 8.07. The summed E-state index contributed by atoms with van der Waals surface area (Å²) in [7, 11) is 2.17. The molecule has 4 unspecified atom stereocenters. The lowest BCUT2D eigenvalue weighted by molar-refractivity contribution is -0.155. The standard InChI is InChI=1S/C24H38O4.C17H23NO3.C12H21N2O3PS/c1-5-9-13-19(7-3)17-27-23(25)21-15-11-12-16-22(21)24(26)28-18-20(8-4)14-10-6-2;1-18-13-7-8-14(18)10-15(9-13)21-17(20)16(11-19)12-5-3-2-4-6-12;1-6-15-18(19,16-7-2)17-11-8-10(5)13-12(14-11)9(3)4/h11-12,15-16,19-20H,5-10,13-14,17-18H2,1-4H3;2-6,13-16,19H,7-11H2,1H3;8-9H,6-7H2,1-5H3/t;13-,14+,15?,16?;. The third-order valence-electron chi connectivity index (χ3n) is 12.5. The Balaban J connectivity index is 0.000000276. The van der Waals surface area contributed by atoms with Crippen molar-refractivity contribution in [2.24, 2.45) is 11.8 Å². The molecule has 1 aromatic heterocycles. The van der Waals surface area contributed by atoms with Crippen molar-refractivity contribution < 1.29 is 47.3 Å². The Hall–Kier alpha value is -3.78. The van der Waals surface area contributed by atoms with Gasteiger partial charge in [-0.2, -0.15) is 4.98 Å². The molecule has 2 bridgehead atoms. The molecule has 3 heterocycles. The molecule has 15 heteroatoms. The van der Waals surface area contributed by atoms with Crippen LogP contribution in [0.2, 0.25) is 0 Å². The molecule has 0 spiro atoms. The van der Waals surface area contributed by atoms with E-state index in [1.54, 1.807) is 30.3 Å². The summed E-state index contributed by atoms with van der Waals surface area (Å²) in [6, 6.07) is 19.0. The zero-order chi connectivity index (χ0) is 50.1. The van der Waals surface area contributed by atoms with Crippen molar-refractivity contribution >= 4 is 36.4 Å². The number of hydrogen-bond donors (Lipinski definition) is 1. The van der Waals surface area contributed by atoms with Crippen LogP contribution in [0.5, 0.6) is 5.88 Å². The van der Waals surface area contributed by atoms with Gasteiger partial charge in [0.25, 0.3) is 0 Å². The average molecular weight is 984 g/mol. The number of fused-ring (bicyclic) bond motifs is 2. The van der Waals surface area contributed by atoms with Crippen molar-refractivity contribution in [3.05, 3.63) is 88.9 Å². The van der Waals surface area contributed by atoms with Crippen molar-refractivity contribution in [3.63, 3.8) is 0 Å². The van der Waals surface area contributed by atoms with Crippen LogP contribution in [0.4, 0.5) is 0 Å². The average Bonchev–Trinajstić information content (AvgIpc) is 3.51. The Bertz CT molecular complexity index is 1920. The van der Waals surface area contributed by atoms with E-state index < -0.39 is 24.6 Å². The van der Waals surface area contributed by atoms with E-state index in [4.69, 9.17) is 39.6 Å². The number of benzene rings is 2. The number of aliphatic hydroxyl groups is 1. The summed E-state index contributed by atoms with van der Waals surface area (Å²) in [5.41, 5.74) is 2.24. The van der Waals surface area contributed by atoms with Crippen LogP contribution in [0.15, 0.2) is 60.7 Å². The number of rotatable bonds is 25. The SMILES string of the molecule is CCCCC(CC)COC(=O)c1ccccc1C(=O)OCC(CC)CCCC.CCOP(=S)(OCC)Oc1cc(C)nc(C(C)C)n1.CN1[C@@H]2CC[C@H]1CC(OC(=O)C(CO)c1ccccc1)C2. The summed E-state index contributed by atoms with van der Waals surface area (Å²) < 4.78 is 33.3. The molecular weight excluding hydrogens is 902 g/mol. The summed E-state index contributed by atoms with van der Waals surface area (Å²) in [6.45, 7) is 16.9. The van der Waals surface area contributed by atoms with E-state index in [1.165, 1.54) is 12.8 Å². The van der Waals surface area contributed by atoms with Crippen LogP contribution in [0.25, 0.3) is 0 Å². The molecule has 13 nitrogen and oxygen atoms in total. The first-order chi connectivity index (χ1) is 32.6. The van der Waals surface area contributed by atoms with Gasteiger partial charge < -0.3 is 28.7 Å². The van der Waals surface area contributed by atoms with E-state index in [1.807, 2.05) is 65.0 Å². The molecule has 2 aliphatic heterocycles. The fourth-order valence-corrected chi connectivity index (χ4v) is 10.3. The summed E-state index contributed by atoms with van der Waals surface area (Å²) in [5.74, 6) is 0.353. The lowest BCUT2D eigenvalue weighted by Gasteiger charge is -2.36. The highest BCUT2D eigenvalue weighted by Gasteiger charge is 2.40. The van der Waals surface area contributed by atoms with Gasteiger partial charge in [0.2, 0.25) is 5.88 Å². The predicted molar refractivity (Wildman–Crippen MR) is 273 cm³/mol. The zero-order valence-electron chi connectivity index (χ0n) is 42.7. The molecule has 6 atom stereocenters. The number of esters is 3. The first-order valence-corrected chi connectivity index (χ1v) is 27.7. The lowest BCUT2D eigenvalue weighted by Crippen LogP contribution is -2.43. The van der Waals surface area contributed by atoms with Gasteiger partial charge >= 0.3 is 24.6 Å². The highest BCUT2D eigenvalue weighted by atomic mass is 32.5. The number of ether oxygens (including phenoxy) is 3. The zero-order valence-corrected chi connectivity index (χ0v) is 44.4. The monoisotopic (exact) mass is 984 g/mol. The molecule has 2 aliphatic rings. The number of carbonyl (C=O) groups is 3. The largest absolute Gasteiger partial charge is 0.462 e. The van der Waals surface area contributed by atoms with Gasteiger partial charge in [-0.25, -0.2) is 14.6 Å². The normalized spacial score (nSPS) is 18.0. The minimum atomic E-state index is -2.77. The fraction of sp³-hybridized carbons (Fsp3) is 0.642. The minimum Gasteiger partial charge on any atom is -0.462 e. The van der Waals surface area contributed by atoms with Crippen LogP contribution >= 0.6 is 6.72 Å². The second kappa shape index (κ2) is 31.4. The lowest BCUT2D eigenvalue weighted by atomic mass is 9.98. The second-order valence-electron chi connectivity index (χ2n) is 18.0. The Morgan fingerprint density at radius 2 is 1.28 bits per heavy atom. The Morgan fingerprint density at radius 1 is 0.779 bits per heavy atom. The van der Waals surface area contributed by atoms with Gasteiger partial charge in [-0.1, -0.05) is 123 Å². The molecule has 380 valence electrons. The smallest absolute Gasteiger partial charge is 0.381 e. The van der Waals surface area contributed by atoms with Gasteiger partial charge in [0.05, 0.1) is 44.2 Å². The van der Waals surface area contributed by atoms with Crippen LogP contribution in [0, 0.1) is 18.8 Å². The number of piperidine rings is 1.